The van der Waals surface area contributed by atoms with Crippen molar-refractivity contribution < 1.29 is 4.79 Å². The van der Waals surface area contributed by atoms with Crippen LogP contribution in [-0.4, -0.2) is 49.6 Å². The lowest BCUT2D eigenvalue weighted by Gasteiger charge is -2.40. The number of carbonyl (C=O) groups is 1. The van der Waals surface area contributed by atoms with Crippen molar-refractivity contribution in [3.63, 3.8) is 0 Å². The van der Waals surface area contributed by atoms with Gasteiger partial charge in [-0.05, 0) is 52.1 Å². The van der Waals surface area contributed by atoms with E-state index in [1.165, 1.54) is 19.3 Å². The highest BCUT2D eigenvalue weighted by Crippen LogP contribution is 2.44. The first-order chi connectivity index (χ1) is 9.62. The van der Waals surface area contributed by atoms with Crippen LogP contribution >= 0.6 is 24.8 Å². The average molecular weight is 352 g/mol. The SMILES string of the molecule is CC1CC(NC(=O)[C@@]23CCCC[C@H]2CNC3)CCN1C.Cl.Cl. The van der Waals surface area contributed by atoms with E-state index in [1.807, 2.05) is 0 Å². The van der Waals surface area contributed by atoms with E-state index in [4.69, 9.17) is 0 Å². The van der Waals surface area contributed by atoms with E-state index in [9.17, 15) is 4.79 Å². The molecule has 1 saturated carbocycles. The number of halogens is 2. The molecule has 3 aliphatic rings. The number of carbonyl (C=O) groups excluding carboxylic acids is 1. The lowest BCUT2D eigenvalue weighted by molar-refractivity contribution is -0.135. The molecule has 2 N–H and O–H groups in total. The molecular formula is C16H31Cl2N3O. The number of likely N-dealkylation sites (tertiary alicyclic amines) is 1. The molecule has 1 amide bonds. The molecule has 3 fully saturated rings. The van der Waals surface area contributed by atoms with Crippen molar-refractivity contribution in [3.05, 3.63) is 0 Å². The molecule has 2 saturated heterocycles. The van der Waals surface area contributed by atoms with Gasteiger partial charge in [0.2, 0.25) is 5.91 Å². The van der Waals surface area contributed by atoms with Crippen molar-refractivity contribution in [2.75, 3.05) is 26.7 Å². The number of amides is 1. The Morgan fingerprint density at radius 2 is 2.05 bits per heavy atom. The van der Waals surface area contributed by atoms with Crippen LogP contribution in [0.1, 0.15) is 45.4 Å². The first kappa shape index (κ1) is 20.0. The second kappa shape index (κ2) is 8.18. The van der Waals surface area contributed by atoms with Crippen LogP contribution in [-0.2, 0) is 4.79 Å². The lowest BCUT2D eigenvalue weighted by atomic mass is 9.67. The fourth-order valence-electron chi connectivity index (χ4n) is 4.44. The normalized spacial score (nSPS) is 38.4. The number of nitrogens with one attached hydrogen (secondary N) is 2. The fourth-order valence-corrected chi connectivity index (χ4v) is 4.44. The third kappa shape index (κ3) is 3.72. The highest BCUT2D eigenvalue weighted by molar-refractivity contribution is 5.85. The molecule has 130 valence electrons. The zero-order chi connectivity index (χ0) is 14.2. The van der Waals surface area contributed by atoms with Gasteiger partial charge < -0.3 is 15.5 Å². The lowest BCUT2D eigenvalue weighted by Crippen LogP contribution is -2.54. The third-order valence-corrected chi connectivity index (χ3v) is 6.03. The smallest absolute Gasteiger partial charge is 0.228 e. The molecule has 4 nitrogen and oxygen atoms in total. The van der Waals surface area contributed by atoms with Gasteiger partial charge in [-0.3, -0.25) is 4.79 Å². The summed E-state index contributed by atoms with van der Waals surface area (Å²) in [5, 5.41) is 6.87. The Bertz CT molecular complexity index is 382. The summed E-state index contributed by atoms with van der Waals surface area (Å²) in [7, 11) is 2.18. The Kier molecular flexibility index (Phi) is 7.44. The minimum Gasteiger partial charge on any atom is -0.353 e. The second-order valence-corrected chi connectivity index (χ2v) is 7.25. The Balaban J connectivity index is 0.00000121. The zero-order valence-corrected chi connectivity index (χ0v) is 15.4. The van der Waals surface area contributed by atoms with Gasteiger partial charge in [-0.15, -0.1) is 24.8 Å². The van der Waals surface area contributed by atoms with E-state index in [-0.39, 0.29) is 30.2 Å². The molecule has 1 aliphatic carbocycles. The monoisotopic (exact) mass is 351 g/mol. The molecule has 0 spiro atoms. The number of fused-ring (bicyclic) bond motifs is 1. The van der Waals surface area contributed by atoms with E-state index >= 15 is 0 Å². The molecule has 0 radical (unpaired) electrons. The predicted octanol–water partition coefficient (Wildman–Crippen LogP) is 2.21. The Labute approximate surface area is 147 Å². The predicted molar refractivity (Wildman–Crippen MR) is 95.0 cm³/mol. The van der Waals surface area contributed by atoms with Crippen LogP contribution in [0, 0.1) is 11.3 Å². The van der Waals surface area contributed by atoms with Crippen molar-refractivity contribution in [3.8, 4) is 0 Å². The highest BCUT2D eigenvalue weighted by atomic mass is 35.5. The Morgan fingerprint density at radius 3 is 2.77 bits per heavy atom. The van der Waals surface area contributed by atoms with Gasteiger partial charge in [0, 0.05) is 25.2 Å². The summed E-state index contributed by atoms with van der Waals surface area (Å²) in [6, 6.07) is 0.960. The molecule has 0 aromatic heterocycles. The van der Waals surface area contributed by atoms with Crippen LogP contribution in [0.4, 0.5) is 0 Å². The molecule has 2 heterocycles. The summed E-state index contributed by atoms with van der Waals surface area (Å²) >= 11 is 0. The molecule has 3 rings (SSSR count). The van der Waals surface area contributed by atoms with Gasteiger partial charge in [-0.2, -0.15) is 0 Å². The number of rotatable bonds is 2. The Morgan fingerprint density at radius 1 is 1.27 bits per heavy atom. The van der Waals surface area contributed by atoms with Crippen LogP contribution in [0.25, 0.3) is 0 Å². The molecular weight excluding hydrogens is 321 g/mol. The molecule has 4 atom stereocenters. The Hall–Kier alpha value is -0.0300. The maximum atomic E-state index is 12.9. The molecule has 6 heteroatoms. The summed E-state index contributed by atoms with van der Waals surface area (Å²) < 4.78 is 0. The fraction of sp³-hybridized carbons (Fsp3) is 0.938. The number of hydrogen-bond acceptors (Lipinski definition) is 3. The van der Waals surface area contributed by atoms with Crippen LogP contribution < -0.4 is 10.6 Å². The van der Waals surface area contributed by atoms with Gasteiger partial charge in [-0.25, -0.2) is 0 Å². The van der Waals surface area contributed by atoms with Crippen LogP contribution in [0.5, 0.6) is 0 Å². The van der Waals surface area contributed by atoms with Gasteiger partial charge in [-0.1, -0.05) is 12.8 Å². The summed E-state index contributed by atoms with van der Waals surface area (Å²) in [5.41, 5.74) is -0.0924. The van der Waals surface area contributed by atoms with Crippen molar-refractivity contribution in [2.45, 2.75) is 57.5 Å². The quantitative estimate of drug-likeness (QED) is 0.801. The molecule has 0 aromatic rings. The zero-order valence-electron chi connectivity index (χ0n) is 13.8. The van der Waals surface area contributed by atoms with Crippen LogP contribution in [0.3, 0.4) is 0 Å². The first-order valence-electron chi connectivity index (χ1n) is 8.34. The summed E-state index contributed by atoms with van der Waals surface area (Å²) in [5.74, 6) is 0.911. The maximum absolute atomic E-state index is 12.9. The van der Waals surface area contributed by atoms with Gasteiger partial charge in [0.05, 0.1) is 5.41 Å². The van der Waals surface area contributed by atoms with Crippen LogP contribution in [0.15, 0.2) is 0 Å². The first-order valence-corrected chi connectivity index (χ1v) is 8.34. The van der Waals surface area contributed by atoms with Gasteiger partial charge >= 0.3 is 0 Å². The van der Waals surface area contributed by atoms with Gasteiger partial charge in [0.25, 0.3) is 0 Å². The molecule has 2 aliphatic heterocycles. The molecule has 22 heavy (non-hydrogen) atoms. The number of nitrogens with zero attached hydrogens (tertiary/aromatic N) is 1. The van der Waals surface area contributed by atoms with Crippen molar-refractivity contribution in [2.24, 2.45) is 11.3 Å². The molecule has 2 unspecified atom stereocenters. The van der Waals surface area contributed by atoms with Crippen LogP contribution in [0.2, 0.25) is 0 Å². The summed E-state index contributed by atoms with van der Waals surface area (Å²) in [6.45, 7) is 5.29. The van der Waals surface area contributed by atoms with Gasteiger partial charge in [0.15, 0.2) is 0 Å². The standard InChI is InChI=1S/C16H29N3O.2ClH/c1-12-9-14(6-8-19(12)2)18-15(20)16-7-4-3-5-13(16)10-17-11-16;;/h12-14,17H,3-11H2,1-2H3,(H,18,20);2*1H/t12?,13-,14?,16+;;/m0../s1. The topological polar surface area (TPSA) is 44.4 Å². The average Bonchev–Trinajstić information content (AvgIpc) is 2.88. The number of piperidine rings is 1. The summed E-state index contributed by atoms with van der Waals surface area (Å²) in [4.78, 5) is 15.3. The molecule has 0 aromatic carbocycles. The van der Waals surface area contributed by atoms with E-state index in [1.54, 1.807) is 0 Å². The largest absolute Gasteiger partial charge is 0.353 e. The van der Waals surface area contributed by atoms with Crippen molar-refractivity contribution in [1.29, 1.82) is 0 Å². The minimum atomic E-state index is -0.0924. The van der Waals surface area contributed by atoms with E-state index in [0.717, 1.165) is 38.9 Å². The summed E-state index contributed by atoms with van der Waals surface area (Å²) in [6.07, 6.45) is 7.02. The van der Waals surface area contributed by atoms with Crippen molar-refractivity contribution in [1.82, 2.24) is 15.5 Å². The third-order valence-electron chi connectivity index (χ3n) is 6.03. The molecule has 0 bridgehead atoms. The van der Waals surface area contributed by atoms with E-state index < -0.39 is 0 Å². The number of hydrogen-bond donors (Lipinski definition) is 2. The van der Waals surface area contributed by atoms with E-state index in [2.05, 4.69) is 29.5 Å². The van der Waals surface area contributed by atoms with Gasteiger partial charge in [0.1, 0.15) is 0 Å². The van der Waals surface area contributed by atoms with E-state index in [0.29, 0.717) is 23.9 Å². The minimum absolute atomic E-state index is 0. The second-order valence-electron chi connectivity index (χ2n) is 7.25. The maximum Gasteiger partial charge on any atom is 0.228 e. The van der Waals surface area contributed by atoms with Crippen molar-refractivity contribution >= 4 is 30.7 Å². The highest BCUT2D eigenvalue weighted by Gasteiger charge is 2.50.